The van der Waals surface area contributed by atoms with Crippen molar-refractivity contribution < 1.29 is 4.39 Å². The van der Waals surface area contributed by atoms with Gasteiger partial charge in [-0.2, -0.15) is 0 Å². The lowest BCUT2D eigenvalue weighted by atomic mass is 10.1. The number of benzene rings is 1. The maximum Gasteiger partial charge on any atom is 0.151 e. The Kier molecular flexibility index (Phi) is 4.71. The minimum atomic E-state index is -0.338. The molecular weight excluding hydrogens is 331 g/mol. The summed E-state index contributed by atoms with van der Waals surface area (Å²) in [6, 6.07) is 3.87. The Morgan fingerprint density at radius 2 is 2.19 bits per heavy atom. The highest BCUT2D eigenvalue weighted by molar-refractivity contribution is 5.75. The van der Waals surface area contributed by atoms with Crippen LogP contribution in [-0.2, 0) is 6.54 Å². The average Bonchev–Trinajstić information content (AvgIpc) is 2.67. The molecule has 1 aromatic heterocycles. The lowest BCUT2D eigenvalue weighted by molar-refractivity contribution is 0.256. The van der Waals surface area contributed by atoms with E-state index in [0.29, 0.717) is 23.6 Å². The Morgan fingerprint density at radius 1 is 1.31 bits per heavy atom. The van der Waals surface area contributed by atoms with Crippen molar-refractivity contribution >= 4 is 11.0 Å². The fourth-order valence-corrected chi connectivity index (χ4v) is 3.48. The Bertz CT molecular complexity index is 862. The van der Waals surface area contributed by atoms with Crippen LogP contribution < -0.4 is 16.0 Å². The molecule has 3 heterocycles. The summed E-state index contributed by atoms with van der Waals surface area (Å²) in [5.41, 5.74) is 3.97. The molecule has 3 N–H and O–H groups in total. The minimum Gasteiger partial charge on any atom is -0.386 e. The van der Waals surface area contributed by atoms with Gasteiger partial charge in [0, 0.05) is 57.4 Å². The molecule has 0 radical (unpaired) electrons. The van der Waals surface area contributed by atoms with Crippen molar-refractivity contribution in [2.24, 2.45) is 0 Å². The largest absolute Gasteiger partial charge is 0.386 e. The summed E-state index contributed by atoms with van der Waals surface area (Å²) >= 11 is 0. The van der Waals surface area contributed by atoms with Crippen LogP contribution in [0.4, 0.5) is 4.39 Å². The molecule has 2 aliphatic rings. The van der Waals surface area contributed by atoms with E-state index in [-0.39, 0.29) is 5.82 Å². The number of nitrogens with zero attached hydrogens (tertiary/aromatic N) is 3. The second kappa shape index (κ2) is 7.29. The van der Waals surface area contributed by atoms with Crippen LogP contribution in [0.5, 0.6) is 0 Å². The van der Waals surface area contributed by atoms with Gasteiger partial charge >= 0.3 is 0 Å². The normalized spacial score (nSPS) is 20.4. The third-order valence-electron chi connectivity index (χ3n) is 4.72. The van der Waals surface area contributed by atoms with E-state index in [1.807, 2.05) is 12.3 Å². The Morgan fingerprint density at radius 3 is 3.08 bits per heavy atom. The molecule has 6 nitrogen and oxygen atoms in total. The first-order valence-corrected chi connectivity index (χ1v) is 8.96. The number of nitrogens with one attached hydrogen (secondary N) is 3. The van der Waals surface area contributed by atoms with Gasteiger partial charge in [-0.05, 0) is 30.7 Å². The number of hydrogen-bond donors (Lipinski definition) is 3. The van der Waals surface area contributed by atoms with Crippen molar-refractivity contribution in [1.29, 1.82) is 0 Å². The van der Waals surface area contributed by atoms with Gasteiger partial charge in [0.05, 0.1) is 16.9 Å². The fraction of sp³-hybridized carbons (Fsp3) is 0.368. The molecule has 1 aromatic carbocycles. The maximum absolute atomic E-state index is 14.2. The van der Waals surface area contributed by atoms with Crippen molar-refractivity contribution in [1.82, 2.24) is 30.8 Å². The first-order chi connectivity index (χ1) is 12.7. The second-order valence-electron chi connectivity index (χ2n) is 6.71. The molecule has 1 unspecified atom stereocenters. The van der Waals surface area contributed by atoms with Gasteiger partial charge in [-0.25, -0.2) is 9.37 Å². The van der Waals surface area contributed by atoms with Crippen LogP contribution in [0.2, 0.25) is 0 Å². The van der Waals surface area contributed by atoms with Crippen molar-refractivity contribution in [3.8, 4) is 0 Å². The summed E-state index contributed by atoms with van der Waals surface area (Å²) in [6.45, 7) is 6.48. The zero-order valence-corrected chi connectivity index (χ0v) is 14.8. The summed E-state index contributed by atoms with van der Waals surface area (Å²) in [5.74, 6) is -0.338. The number of hydrogen-bond acceptors (Lipinski definition) is 6. The van der Waals surface area contributed by atoms with Gasteiger partial charge < -0.3 is 20.9 Å². The highest BCUT2D eigenvalue weighted by Gasteiger charge is 2.21. The Balaban J connectivity index is 1.49. The van der Waals surface area contributed by atoms with Gasteiger partial charge in [-0.3, -0.25) is 4.98 Å². The molecule has 2 aromatic rings. The van der Waals surface area contributed by atoms with Crippen LogP contribution in [0.25, 0.3) is 11.0 Å². The molecule has 26 heavy (non-hydrogen) atoms. The zero-order chi connectivity index (χ0) is 17.9. The lowest BCUT2D eigenvalue weighted by Gasteiger charge is -2.37. The molecule has 1 saturated heterocycles. The van der Waals surface area contributed by atoms with Crippen LogP contribution >= 0.6 is 0 Å². The molecular formula is C19H23FN6. The monoisotopic (exact) mass is 354 g/mol. The van der Waals surface area contributed by atoms with Crippen molar-refractivity contribution in [2.45, 2.75) is 19.5 Å². The molecule has 1 atom stereocenters. The predicted octanol–water partition coefficient (Wildman–Crippen LogP) is 1.48. The Hall–Kier alpha value is -2.67. The lowest BCUT2D eigenvalue weighted by Crippen LogP contribution is -2.49. The number of halogens is 1. The van der Waals surface area contributed by atoms with Crippen LogP contribution in [0.1, 0.15) is 12.5 Å². The van der Waals surface area contributed by atoms with Crippen LogP contribution in [0, 0.1) is 5.82 Å². The van der Waals surface area contributed by atoms with Crippen LogP contribution in [-0.4, -0.2) is 47.1 Å². The van der Waals surface area contributed by atoms with Crippen LogP contribution in [0.15, 0.2) is 48.2 Å². The van der Waals surface area contributed by atoms with E-state index in [4.69, 9.17) is 0 Å². The molecule has 0 bridgehead atoms. The summed E-state index contributed by atoms with van der Waals surface area (Å²) in [5, 5.41) is 10.2. The third-order valence-corrected chi connectivity index (χ3v) is 4.72. The number of rotatable bonds is 4. The molecule has 4 rings (SSSR count). The molecule has 0 aliphatic carbocycles. The first kappa shape index (κ1) is 16.8. The standard InChI is InChI=1S/C19H23FN6/c1-13-12-26(7-6-22-13)18-2-3-21-11-17(18)25-10-14-8-15(20)19-16(9-14)23-4-5-24-19/h2,4-5,8-9,11,13,21-22,25H,3,6-7,10,12H2,1H3. The summed E-state index contributed by atoms with van der Waals surface area (Å²) in [6.07, 6.45) is 7.29. The van der Waals surface area contributed by atoms with Gasteiger partial charge in [0.1, 0.15) is 5.52 Å². The Labute approximate surface area is 152 Å². The van der Waals surface area contributed by atoms with E-state index in [9.17, 15) is 4.39 Å². The molecule has 7 heteroatoms. The zero-order valence-electron chi connectivity index (χ0n) is 14.8. The summed E-state index contributed by atoms with van der Waals surface area (Å²) in [4.78, 5) is 10.7. The van der Waals surface area contributed by atoms with E-state index >= 15 is 0 Å². The van der Waals surface area contributed by atoms with E-state index in [2.05, 4.69) is 43.8 Å². The average molecular weight is 354 g/mol. The number of aromatic nitrogens is 2. The highest BCUT2D eigenvalue weighted by Crippen LogP contribution is 2.19. The fourth-order valence-electron chi connectivity index (χ4n) is 3.48. The van der Waals surface area contributed by atoms with Crippen molar-refractivity contribution in [2.75, 3.05) is 26.2 Å². The molecule has 0 amide bonds. The summed E-state index contributed by atoms with van der Waals surface area (Å²) in [7, 11) is 0. The first-order valence-electron chi connectivity index (χ1n) is 8.96. The van der Waals surface area contributed by atoms with E-state index < -0.39 is 0 Å². The van der Waals surface area contributed by atoms with E-state index in [0.717, 1.165) is 37.4 Å². The quantitative estimate of drug-likeness (QED) is 0.773. The molecule has 2 aliphatic heterocycles. The topological polar surface area (TPSA) is 65.1 Å². The number of piperazine rings is 1. The second-order valence-corrected chi connectivity index (χ2v) is 6.71. The van der Waals surface area contributed by atoms with E-state index in [1.54, 1.807) is 6.20 Å². The number of fused-ring (bicyclic) bond motifs is 1. The predicted molar refractivity (Wildman–Crippen MR) is 99.5 cm³/mol. The van der Waals surface area contributed by atoms with Gasteiger partial charge in [0.25, 0.3) is 0 Å². The molecule has 136 valence electrons. The molecule has 0 saturated carbocycles. The summed E-state index contributed by atoms with van der Waals surface area (Å²) < 4.78 is 14.2. The van der Waals surface area contributed by atoms with Crippen LogP contribution in [0.3, 0.4) is 0 Å². The van der Waals surface area contributed by atoms with Gasteiger partial charge in [0.15, 0.2) is 5.82 Å². The van der Waals surface area contributed by atoms with Gasteiger partial charge in [-0.1, -0.05) is 0 Å². The smallest absolute Gasteiger partial charge is 0.151 e. The maximum atomic E-state index is 14.2. The highest BCUT2D eigenvalue weighted by atomic mass is 19.1. The SMILES string of the molecule is CC1CN(C2=CCNC=C2NCc2cc(F)c3nccnc3c2)CCN1. The molecule has 0 spiro atoms. The molecule has 1 fully saturated rings. The number of dihydropyridines is 1. The van der Waals surface area contributed by atoms with Crippen molar-refractivity contribution in [3.05, 3.63) is 59.6 Å². The van der Waals surface area contributed by atoms with Gasteiger partial charge in [-0.15, -0.1) is 0 Å². The minimum absolute atomic E-state index is 0.310. The van der Waals surface area contributed by atoms with Crippen molar-refractivity contribution in [3.63, 3.8) is 0 Å². The van der Waals surface area contributed by atoms with E-state index in [1.165, 1.54) is 18.0 Å². The van der Waals surface area contributed by atoms with Gasteiger partial charge in [0.2, 0.25) is 0 Å². The third kappa shape index (κ3) is 3.48.